The zero-order valence-electron chi connectivity index (χ0n) is 22.8. The fourth-order valence-corrected chi connectivity index (χ4v) is 4.83. The summed E-state index contributed by atoms with van der Waals surface area (Å²) in [6.45, 7) is 12.1. The maximum atomic E-state index is 12.7. The molecule has 0 aliphatic carbocycles. The first-order valence-electron chi connectivity index (χ1n) is 13.7. The molecule has 1 saturated heterocycles. The van der Waals surface area contributed by atoms with Gasteiger partial charge in [-0.25, -0.2) is 4.68 Å². The molecule has 1 N–H and O–H groups in total. The first-order chi connectivity index (χ1) is 17.9. The van der Waals surface area contributed by atoms with Crippen molar-refractivity contribution in [3.8, 4) is 11.4 Å². The van der Waals surface area contributed by atoms with Crippen molar-refractivity contribution in [2.45, 2.75) is 59.3 Å². The van der Waals surface area contributed by atoms with E-state index in [1.807, 2.05) is 28.9 Å². The molecule has 1 fully saturated rings. The third kappa shape index (κ3) is 7.93. The molecule has 198 valence electrons. The molecule has 3 aromatic rings. The minimum Gasteiger partial charge on any atom is -0.493 e. The van der Waals surface area contributed by atoms with Crippen LogP contribution in [-0.2, 0) is 17.6 Å². The molecule has 0 bridgehead atoms. The predicted molar refractivity (Wildman–Crippen MR) is 149 cm³/mol. The molecule has 1 aromatic heterocycles. The molecule has 1 amide bonds. The Kier molecular flexibility index (Phi) is 9.40. The van der Waals surface area contributed by atoms with Gasteiger partial charge in [0.1, 0.15) is 5.75 Å². The van der Waals surface area contributed by atoms with Gasteiger partial charge in [0, 0.05) is 18.8 Å². The second-order valence-electron chi connectivity index (χ2n) is 11.0. The van der Waals surface area contributed by atoms with Gasteiger partial charge >= 0.3 is 0 Å². The number of carbonyl (C=O) groups is 1. The summed E-state index contributed by atoms with van der Waals surface area (Å²) in [5, 5.41) is 7.87. The Balaban J connectivity index is 1.22. The standard InChI is InChI=1S/C31H42N4O2/c1-23(2)17-29-19-27(33-35(29)28-10-6-5-7-11-28)20-31(36)32-22-34-15-13-25(14-16-34)21-37-30-12-8-9-26(18-30)24(3)4/h5-12,18-19,23-25H,13-17,20-22H2,1-4H3,(H,32,36). The van der Waals surface area contributed by atoms with Crippen molar-refractivity contribution in [1.29, 1.82) is 0 Å². The minimum atomic E-state index is 0.0179. The lowest BCUT2D eigenvalue weighted by molar-refractivity contribution is -0.121. The molecule has 0 radical (unpaired) electrons. The van der Waals surface area contributed by atoms with Crippen molar-refractivity contribution in [2.24, 2.45) is 11.8 Å². The van der Waals surface area contributed by atoms with Crippen molar-refractivity contribution >= 4 is 5.91 Å². The molecule has 6 nitrogen and oxygen atoms in total. The molecule has 1 aliphatic rings. The fourth-order valence-electron chi connectivity index (χ4n) is 4.83. The Morgan fingerprint density at radius 2 is 1.78 bits per heavy atom. The van der Waals surface area contributed by atoms with E-state index in [2.05, 4.69) is 74.3 Å². The molecule has 0 unspecified atom stereocenters. The third-order valence-electron chi connectivity index (χ3n) is 7.01. The van der Waals surface area contributed by atoms with Crippen molar-refractivity contribution in [1.82, 2.24) is 20.0 Å². The SMILES string of the molecule is CC(C)Cc1cc(CC(=O)NCN2CCC(COc3cccc(C(C)C)c3)CC2)nn1-c1ccccc1. The van der Waals surface area contributed by atoms with Gasteiger partial charge in [0.05, 0.1) is 31.1 Å². The quantitative estimate of drug-likeness (QED) is 0.371. The van der Waals surface area contributed by atoms with E-state index in [4.69, 9.17) is 9.84 Å². The first kappa shape index (κ1) is 26.9. The van der Waals surface area contributed by atoms with Crippen LogP contribution < -0.4 is 10.1 Å². The summed E-state index contributed by atoms with van der Waals surface area (Å²) in [5.74, 6) is 2.55. The summed E-state index contributed by atoms with van der Waals surface area (Å²) in [6, 6.07) is 20.7. The highest BCUT2D eigenvalue weighted by atomic mass is 16.5. The van der Waals surface area contributed by atoms with Gasteiger partial charge in [0.15, 0.2) is 0 Å². The Labute approximate surface area is 222 Å². The van der Waals surface area contributed by atoms with E-state index < -0.39 is 0 Å². The van der Waals surface area contributed by atoms with E-state index in [0.717, 1.165) is 61.8 Å². The van der Waals surface area contributed by atoms with E-state index in [1.54, 1.807) is 0 Å². The normalized spacial score (nSPS) is 14.9. The van der Waals surface area contributed by atoms with Crippen LogP contribution in [0.1, 0.15) is 63.4 Å². The van der Waals surface area contributed by atoms with E-state index in [9.17, 15) is 4.79 Å². The molecule has 6 heteroatoms. The molecule has 0 atom stereocenters. The number of hydrogen-bond acceptors (Lipinski definition) is 4. The number of rotatable bonds is 11. The van der Waals surface area contributed by atoms with Crippen LogP contribution in [-0.4, -0.2) is 47.0 Å². The van der Waals surface area contributed by atoms with Gasteiger partial charge < -0.3 is 10.1 Å². The summed E-state index contributed by atoms with van der Waals surface area (Å²) >= 11 is 0. The number of aromatic nitrogens is 2. The predicted octanol–water partition coefficient (Wildman–Crippen LogP) is 5.60. The third-order valence-corrected chi connectivity index (χ3v) is 7.01. The lowest BCUT2D eigenvalue weighted by atomic mass is 9.98. The summed E-state index contributed by atoms with van der Waals surface area (Å²) in [7, 11) is 0. The highest BCUT2D eigenvalue weighted by Crippen LogP contribution is 2.23. The highest BCUT2D eigenvalue weighted by Gasteiger charge is 2.21. The number of nitrogens with one attached hydrogen (secondary N) is 1. The smallest absolute Gasteiger partial charge is 0.227 e. The average molecular weight is 503 g/mol. The van der Waals surface area contributed by atoms with E-state index in [-0.39, 0.29) is 5.91 Å². The van der Waals surface area contributed by atoms with Gasteiger partial charge in [0.2, 0.25) is 5.91 Å². The molecule has 0 spiro atoms. The number of carbonyl (C=O) groups excluding carboxylic acids is 1. The molecule has 2 aromatic carbocycles. The van der Waals surface area contributed by atoms with Gasteiger partial charge in [-0.05, 0) is 72.9 Å². The second-order valence-corrected chi connectivity index (χ2v) is 11.0. The van der Waals surface area contributed by atoms with Gasteiger partial charge in [0.25, 0.3) is 0 Å². The Morgan fingerprint density at radius 1 is 1.03 bits per heavy atom. The molecular formula is C31H42N4O2. The van der Waals surface area contributed by atoms with Gasteiger partial charge in [-0.3, -0.25) is 9.69 Å². The van der Waals surface area contributed by atoms with Crippen LogP contribution in [0, 0.1) is 11.8 Å². The lowest BCUT2D eigenvalue weighted by Crippen LogP contribution is -2.43. The minimum absolute atomic E-state index is 0.0179. The number of amides is 1. The zero-order valence-corrected chi connectivity index (χ0v) is 22.8. The van der Waals surface area contributed by atoms with E-state index >= 15 is 0 Å². The lowest BCUT2D eigenvalue weighted by Gasteiger charge is -2.31. The first-order valence-corrected chi connectivity index (χ1v) is 13.7. The number of benzene rings is 2. The van der Waals surface area contributed by atoms with Gasteiger partial charge in [-0.1, -0.05) is 58.0 Å². The summed E-state index contributed by atoms with van der Waals surface area (Å²) in [6.07, 6.45) is 3.38. The number of para-hydroxylation sites is 1. The maximum Gasteiger partial charge on any atom is 0.227 e. The number of piperidine rings is 1. The van der Waals surface area contributed by atoms with Crippen molar-refractivity contribution in [2.75, 3.05) is 26.4 Å². The maximum absolute atomic E-state index is 12.7. The molecule has 4 rings (SSSR count). The zero-order chi connectivity index (χ0) is 26.2. The molecule has 1 aliphatic heterocycles. The molecular weight excluding hydrogens is 460 g/mol. The topological polar surface area (TPSA) is 59.4 Å². The molecule has 2 heterocycles. The fraction of sp³-hybridized carbons (Fsp3) is 0.484. The number of likely N-dealkylation sites (tertiary alicyclic amines) is 1. The molecule has 37 heavy (non-hydrogen) atoms. The van der Waals surface area contributed by atoms with Crippen LogP contribution in [0.15, 0.2) is 60.7 Å². The monoisotopic (exact) mass is 502 g/mol. The van der Waals surface area contributed by atoms with Crippen molar-refractivity contribution in [3.05, 3.63) is 77.6 Å². The largest absolute Gasteiger partial charge is 0.493 e. The van der Waals surface area contributed by atoms with Crippen LogP contribution in [0.2, 0.25) is 0 Å². The van der Waals surface area contributed by atoms with Gasteiger partial charge in [-0.15, -0.1) is 0 Å². The van der Waals surface area contributed by atoms with Crippen LogP contribution in [0.25, 0.3) is 5.69 Å². The van der Waals surface area contributed by atoms with Crippen LogP contribution in [0.5, 0.6) is 5.75 Å². The molecule has 0 saturated carbocycles. The average Bonchev–Trinajstić information content (AvgIpc) is 3.28. The number of hydrogen-bond donors (Lipinski definition) is 1. The Hall–Kier alpha value is -3.12. The summed E-state index contributed by atoms with van der Waals surface area (Å²) in [4.78, 5) is 15.0. The summed E-state index contributed by atoms with van der Waals surface area (Å²) in [5.41, 5.74) is 4.30. The Bertz CT molecular complexity index is 1130. The van der Waals surface area contributed by atoms with Crippen LogP contribution >= 0.6 is 0 Å². The second kappa shape index (κ2) is 12.9. The van der Waals surface area contributed by atoms with E-state index in [1.165, 1.54) is 5.56 Å². The van der Waals surface area contributed by atoms with Crippen molar-refractivity contribution in [3.63, 3.8) is 0 Å². The van der Waals surface area contributed by atoms with Crippen LogP contribution in [0.3, 0.4) is 0 Å². The van der Waals surface area contributed by atoms with Crippen molar-refractivity contribution < 1.29 is 9.53 Å². The van der Waals surface area contributed by atoms with Gasteiger partial charge in [-0.2, -0.15) is 5.10 Å². The summed E-state index contributed by atoms with van der Waals surface area (Å²) < 4.78 is 8.09. The number of nitrogens with zero attached hydrogens (tertiary/aromatic N) is 3. The Morgan fingerprint density at radius 3 is 2.49 bits per heavy atom. The van der Waals surface area contributed by atoms with Crippen LogP contribution in [0.4, 0.5) is 0 Å². The number of ether oxygens (including phenoxy) is 1. The highest BCUT2D eigenvalue weighted by molar-refractivity contribution is 5.78. The van der Waals surface area contributed by atoms with E-state index in [0.29, 0.717) is 30.8 Å².